The van der Waals surface area contributed by atoms with Gasteiger partial charge in [-0.2, -0.15) is 13.9 Å². The number of hydrogen-bond acceptors (Lipinski definition) is 14. The maximum absolute atomic E-state index is 15.8. The summed E-state index contributed by atoms with van der Waals surface area (Å²) < 4.78 is 76.0. The van der Waals surface area contributed by atoms with Crippen molar-refractivity contribution in [1.82, 2.24) is 34.8 Å². The molecule has 4 amide bonds. The van der Waals surface area contributed by atoms with Crippen LogP contribution in [0.5, 0.6) is 23.0 Å². The molecular formula is C50H56F2N8O9S. The number of anilines is 1. The van der Waals surface area contributed by atoms with Crippen LogP contribution in [0.15, 0.2) is 72.9 Å². The number of sulfone groups is 1. The van der Waals surface area contributed by atoms with E-state index >= 15 is 8.78 Å². The Kier molecular flexibility index (Phi) is 13.2. The lowest BCUT2D eigenvalue weighted by atomic mass is 9.77. The van der Waals surface area contributed by atoms with E-state index in [1.165, 1.54) is 43.6 Å². The number of alkyl halides is 2. The second kappa shape index (κ2) is 19.0. The molecule has 0 unspecified atom stereocenters. The Balaban J connectivity index is 0.793. The first-order valence-electron chi connectivity index (χ1n) is 23.4. The highest BCUT2D eigenvalue weighted by Crippen LogP contribution is 2.41. The van der Waals surface area contributed by atoms with E-state index < -0.39 is 51.3 Å². The highest BCUT2D eigenvalue weighted by molar-refractivity contribution is 7.90. The van der Waals surface area contributed by atoms with Crippen LogP contribution < -0.4 is 24.4 Å². The molecule has 9 rings (SSSR count). The van der Waals surface area contributed by atoms with Crippen LogP contribution in [0.3, 0.4) is 0 Å². The number of aryl methyl sites for hydroxylation is 1. The highest BCUT2D eigenvalue weighted by Gasteiger charge is 2.46. The number of halogens is 2. The second-order valence-corrected chi connectivity index (χ2v) is 20.9. The maximum atomic E-state index is 15.8. The molecule has 20 heteroatoms. The summed E-state index contributed by atoms with van der Waals surface area (Å²) in [5.74, 6) is -3.54. The van der Waals surface area contributed by atoms with Crippen LogP contribution in [0.25, 0.3) is 10.9 Å². The van der Waals surface area contributed by atoms with Crippen molar-refractivity contribution < 1.29 is 50.6 Å². The third-order valence-electron chi connectivity index (χ3n) is 14.0. The van der Waals surface area contributed by atoms with Gasteiger partial charge in [0, 0.05) is 75.2 Å². The monoisotopic (exact) mass is 982 g/mol. The molecule has 0 radical (unpaired) electrons. The van der Waals surface area contributed by atoms with Gasteiger partial charge in [0.05, 0.1) is 59.8 Å². The number of nitrogens with zero attached hydrogens (tertiary/aromatic N) is 7. The normalized spacial score (nSPS) is 20.2. The zero-order valence-corrected chi connectivity index (χ0v) is 40.6. The lowest BCUT2D eigenvalue weighted by Crippen LogP contribution is -2.54. The Hall–Kier alpha value is -6.51. The standard InChI is InChI=1S/C50H56F2N8O9S/c1-6-68-41-27-31(7-14-40(41)67-4)39(29-70(5,65)66)60-46(62)37-16-20-53-45(43(37)47(60)63)59-25-23-58(24-26-59)33-17-21-57(22-18-33)30-50(51,52)32-8-10-34(11-9-32)69-35-12-13-36-38(28-35)56(3)55-44(36)49(2)19-15-42(61)54-48(49)64/h7-14,16,20,27-28,33,39H,6,15,17-19,21-26,29-30H2,1-5H3,(H,54,61,64)/t39-,49+/m1/s1. The first kappa shape index (κ1) is 48.5. The molecule has 3 fully saturated rings. The zero-order valence-electron chi connectivity index (χ0n) is 39.7. The van der Waals surface area contributed by atoms with Crippen molar-refractivity contribution in [3.05, 3.63) is 101 Å². The molecule has 370 valence electrons. The molecule has 0 saturated carbocycles. The molecular weight excluding hydrogens is 927 g/mol. The minimum atomic E-state index is -3.69. The Morgan fingerprint density at radius 1 is 0.900 bits per heavy atom. The van der Waals surface area contributed by atoms with E-state index in [9.17, 15) is 27.6 Å². The number of carbonyl (C=O) groups excluding carboxylic acids is 4. The van der Waals surface area contributed by atoms with Crippen LogP contribution in [0, 0.1) is 0 Å². The first-order chi connectivity index (χ1) is 33.4. The van der Waals surface area contributed by atoms with Crippen molar-refractivity contribution in [1.29, 1.82) is 0 Å². The molecule has 1 N–H and O–H groups in total. The topological polar surface area (TPSA) is 186 Å². The van der Waals surface area contributed by atoms with Crippen molar-refractivity contribution in [2.45, 2.75) is 63.0 Å². The largest absolute Gasteiger partial charge is 0.493 e. The Bertz CT molecular complexity index is 2970. The molecule has 17 nitrogen and oxygen atoms in total. The summed E-state index contributed by atoms with van der Waals surface area (Å²) in [5, 5.41) is 7.81. The number of amides is 4. The van der Waals surface area contributed by atoms with Crippen molar-refractivity contribution >= 4 is 50.2 Å². The van der Waals surface area contributed by atoms with Crippen LogP contribution in [0.1, 0.15) is 83.1 Å². The lowest BCUT2D eigenvalue weighted by Gasteiger charge is -2.43. The van der Waals surface area contributed by atoms with Crippen LogP contribution in [0.4, 0.5) is 14.6 Å². The van der Waals surface area contributed by atoms with E-state index in [2.05, 4.69) is 20.3 Å². The molecule has 2 aromatic heterocycles. The van der Waals surface area contributed by atoms with Crippen molar-refractivity contribution in [2.75, 3.05) is 76.4 Å². The Morgan fingerprint density at radius 3 is 2.29 bits per heavy atom. The number of benzene rings is 3. The van der Waals surface area contributed by atoms with E-state index in [0.29, 0.717) is 111 Å². The number of carbonyl (C=O) groups is 4. The van der Waals surface area contributed by atoms with Gasteiger partial charge in [-0.1, -0.05) is 6.07 Å². The number of ether oxygens (including phenoxy) is 3. The van der Waals surface area contributed by atoms with Gasteiger partial charge in [-0.05, 0) is 106 Å². The van der Waals surface area contributed by atoms with Gasteiger partial charge in [-0.25, -0.2) is 13.4 Å². The molecule has 5 aromatic rings. The number of aromatic nitrogens is 3. The molecule has 0 aliphatic carbocycles. The van der Waals surface area contributed by atoms with Crippen LogP contribution in [0.2, 0.25) is 0 Å². The fraction of sp³-hybridized carbons (Fsp3) is 0.440. The van der Waals surface area contributed by atoms with Crippen LogP contribution in [-0.2, 0) is 37.8 Å². The molecule has 70 heavy (non-hydrogen) atoms. The van der Waals surface area contributed by atoms with Gasteiger partial charge in [-0.15, -0.1) is 0 Å². The van der Waals surface area contributed by atoms with E-state index in [4.69, 9.17) is 14.2 Å². The van der Waals surface area contributed by atoms with Gasteiger partial charge in [-0.3, -0.25) is 43.9 Å². The Labute approximate surface area is 404 Å². The van der Waals surface area contributed by atoms with Crippen molar-refractivity contribution in [3.63, 3.8) is 0 Å². The van der Waals surface area contributed by atoms with Crippen molar-refractivity contribution in [2.24, 2.45) is 7.05 Å². The predicted octanol–water partition coefficient (Wildman–Crippen LogP) is 5.62. The summed E-state index contributed by atoms with van der Waals surface area (Å²) in [4.78, 5) is 64.7. The fourth-order valence-corrected chi connectivity index (χ4v) is 11.2. The number of imide groups is 2. The van der Waals surface area contributed by atoms with Gasteiger partial charge in [0.2, 0.25) is 11.8 Å². The van der Waals surface area contributed by atoms with Gasteiger partial charge in [0.25, 0.3) is 17.7 Å². The molecule has 2 atom stereocenters. The fourth-order valence-electron chi connectivity index (χ4n) is 10.2. The van der Waals surface area contributed by atoms with E-state index in [1.54, 1.807) is 60.8 Å². The van der Waals surface area contributed by atoms with Gasteiger partial charge < -0.3 is 19.1 Å². The quantitative estimate of drug-likeness (QED) is 0.127. The summed E-state index contributed by atoms with van der Waals surface area (Å²) in [6.45, 7) is 6.74. The number of methoxy groups -OCH3 is 1. The number of piperazine rings is 1. The van der Waals surface area contributed by atoms with Gasteiger partial charge in [0.1, 0.15) is 27.2 Å². The minimum Gasteiger partial charge on any atom is -0.493 e. The summed E-state index contributed by atoms with van der Waals surface area (Å²) in [6.07, 6.45) is 4.52. The zero-order chi connectivity index (χ0) is 49.7. The smallest absolute Gasteiger partial charge is 0.285 e. The van der Waals surface area contributed by atoms with Gasteiger partial charge >= 0.3 is 0 Å². The Morgan fingerprint density at radius 2 is 1.61 bits per heavy atom. The molecule has 4 aliphatic heterocycles. The number of piperidine rings is 2. The summed E-state index contributed by atoms with van der Waals surface area (Å²) in [7, 11) is -0.442. The van der Waals surface area contributed by atoms with Crippen LogP contribution in [-0.4, -0.2) is 139 Å². The summed E-state index contributed by atoms with van der Waals surface area (Å²) >= 11 is 0. The molecule has 4 aliphatic rings. The maximum Gasteiger partial charge on any atom is 0.285 e. The summed E-state index contributed by atoms with van der Waals surface area (Å²) in [5.41, 5.74) is 0.886. The predicted molar refractivity (Wildman–Crippen MR) is 255 cm³/mol. The van der Waals surface area contributed by atoms with E-state index in [0.717, 1.165) is 16.5 Å². The third kappa shape index (κ3) is 9.43. The second-order valence-electron chi connectivity index (χ2n) is 18.7. The SMILES string of the molecule is CCOc1cc([C@@H](CS(C)(=O)=O)N2C(=O)c3ccnc(N4CCN(C5CCN(CC(F)(F)c6ccc(Oc7ccc8c([C@]9(C)CCC(=O)NC9=O)nn(C)c8c7)cc6)CC5)CC4)c3C2=O)ccc1OC. The van der Waals surface area contributed by atoms with E-state index in [1.807, 2.05) is 11.0 Å². The molecule has 6 heterocycles. The van der Waals surface area contributed by atoms with Crippen molar-refractivity contribution in [3.8, 4) is 23.0 Å². The average Bonchev–Trinajstić information content (AvgIpc) is 3.81. The van der Waals surface area contributed by atoms with Crippen LogP contribution >= 0.6 is 0 Å². The average molecular weight is 983 g/mol. The first-order valence-corrected chi connectivity index (χ1v) is 25.5. The third-order valence-corrected chi connectivity index (χ3v) is 15.0. The number of rotatable bonds is 15. The number of pyridine rings is 1. The lowest BCUT2D eigenvalue weighted by molar-refractivity contribution is -0.137. The van der Waals surface area contributed by atoms with Gasteiger partial charge in [0.15, 0.2) is 11.5 Å². The number of fused-ring (bicyclic) bond motifs is 2. The molecule has 0 spiro atoms. The molecule has 0 bridgehead atoms. The minimum absolute atomic E-state index is 0.117. The molecule has 3 aromatic carbocycles. The van der Waals surface area contributed by atoms with E-state index in [-0.39, 0.29) is 41.0 Å². The number of likely N-dealkylation sites (tertiary alicyclic amines) is 1. The highest BCUT2D eigenvalue weighted by atomic mass is 32.2. The summed E-state index contributed by atoms with van der Waals surface area (Å²) in [6, 6.07) is 16.5. The molecule has 3 saturated heterocycles. The number of nitrogens with one attached hydrogen (secondary N) is 1. The number of hydrogen-bond donors (Lipinski definition) is 1.